The van der Waals surface area contributed by atoms with Gasteiger partial charge >= 0.3 is 10.1 Å². The Balaban J connectivity index is 1.79. The van der Waals surface area contributed by atoms with Gasteiger partial charge in [-0.1, -0.05) is 49.7 Å². The quantitative estimate of drug-likeness (QED) is 0.276. The lowest BCUT2D eigenvalue weighted by Crippen LogP contribution is -2.20. The largest absolute Gasteiger partial charge is 0.497 e. The highest BCUT2D eigenvalue weighted by atomic mass is 32.2. The summed E-state index contributed by atoms with van der Waals surface area (Å²) >= 11 is 0. The van der Waals surface area contributed by atoms with Crippen molar-refractivity contribution >= 4 is 22.2 Å². The van der Waals surface area contributed by atoms with Crippen molar-refractivity contribution in [2.45, 2.75) is 31.1 Å². The number of nitrogens with one attached hydrogen (secondary N) is 1. The van der Waals surface area contributed by atoms with E-state index in [1.54, 1.807) is 67.8 Å². The number of nitrogens with zero attached hydrogens (tertiary/aromatic N) is 1. The van der Waals surface area contributed by atoms with Crippen LogP contribution < -0.4 is 14.3 Å². The smallest absolute Gasteiger partial charge is 0.339 e. The van der Waals surface area contributed by atoms with Gasteiger partial charge in [-0.2, -0.15) is 13.5 Å². The molecule has 0 radical (unpaired) electrons. The van der Waals surface area contributed by atoms with Crippen molar-refractivity contribution in [3.05, 3.63) is 89.5 Å². The molecule has 0 saturated carbocycles. The molecule has 0 bridgehead atoms. The number of hydrogen-bond donors (Lipinski definition) is 1. The highest BCUT2D eigenvalue weighted by Crippen LogP contribution is 2.22. The number of ether oxygens (including phenoxy) is 1. The number of aryl methyl sites for hydroxylation is 1. The second-order valence-electron chi connectivity index (χ2n) is 7.29. The zero-order chi connectivity index (χ0) is 23.7. The topological polar surface area (TPSA) is 94.1 Å². The van der Waals surface area contributed by atoms with E-state index in [0.29, 0.717) is 11.3 Å². The fraction of sp³-hybridized carbons (Fsp3) is 0.200. The van der Waals surface area contributed by atoms with E-state index in [2.05, 4.69) is 10.5 Å². The van der Waals surface area contributed by atoms with Gasteiger partial charge in [0.15, 0.2) is 0 Å². The third kappa shape index (κ3) is 6.92. The molecule has 3 rings (SSSR count). The number of carbonyl (C=O) groups excluding carboxylic acids is 1. The van der Waals surface area contributed by atoms with Crippen molar-refractivity contribution < 1.29 is 22.1 Å². The molecule has 7 nitrogen and oxygen atoms in total. The highest BCUT2D eigenvalue weighted by Gasteiger charge is 2.21. The van der Waals surface area contributed by atoms with Crippen molar-refractivity contribution in [1.82, 2.24) is 5.43 Å². The van der Waals surface area contributed by atoms with E-state index in [-0.39, 0.29) is 23.0 Å². The molecule has 3 aromatic rings. The van der Waals surface area contributed by atoms with E-state index >= 15 is 0 Å². The van der Waals surface area contributed by atoms with E-state index in [0.717, 1.165) is 24.0 Å². The second kappa shape index (κ2) is 11.3. The molecule has 0 atom stereocenters. The molecule has 0 aromatic heterocycles. The number of carbonyl (C=O) groups is 1. The Bertz CT molecular complexity index is 1220. The van der Waals surface area contributed by atoms with E-state index in [1.165, 1.54) is 12.3 Å². The van der Waals surface area contributed by atoms with Crippen LogP contribution in [0.15, 0.2) is 82.8 Å². The van der Waals surface area contributed by atoms with Crippen LogP contribution in [0.1, 0.15) is 30.0 Å². The summed E-state index contributed by atoms with van der Waals surface area (Å²) in [6.45, 7) is 2.04. The first-order chi connectivity index (χ1) is 15.9. The molecule has 0 saturated heterocycles. The third-order valence-electron chi connectivity index (χ3n) is 4.72. The number of amides is 1. The Morgan fingerprint density at radius 3 is 2.45 bits per heavy atom. The molecule has 1 N–H and O–H groups in total. The standard InChI is InChI=1S/C25H26N2O5S/c1-3-8-19-13-14-24(33(29,30)32-22-10-5-4-6-11-22)21(15-19)18-26-27-25(28)17-20-9-7-12-23(16-20)31-2/h4-7,9-16,18H,3,8,17H2,1-2H3,(H,27,28)/b26-18+. The van der Waals surface area contributed by atoms with Crippen molar-refractivity contribution in [1.29, 1.82) is 0 Å². The predicted octanol–water partition coefficient (Wildman–Crippen LogP) is 4.11. The summed E-state index contributed by atoms with van der Waals surface area (Å²) in [4.78, 5) is 12.3. The molecular formula is C25H26N2O5S. The summed E-state index contributed by atoms with van der Waals surface area (Å²) < 4.78 is 36.2. The summed E-state index contributed by atoms with van der Waals surface area (Å²) in [5.41, 5.74) is 4.51. The van der Waals surface area contributed by atoms with Crippen LogP contribution in [0.5, 0.6) is 11.5 Å². The van der Waals surface area contributed by atoms with Crippen LogP contribution in [0, 0.1) is 0 Å². The predicted molar refractivity (Wildman–Crippen MR) is 127 cm³/mol. The maximum absolute atomic E-state index is 12.9. The molecule has 8 heteroatoms. The summed E-state index contributed by atoms with van der Waals surface area (Å²) in [5, 5.41) is 3.99. The zero-order valence-electron chi connectivity index (χ0n) is 18.5. The Hall–Kier alpha value is -3.65. The van der Waals surface area contributed by atoms with Crippen LogP contribution >= 0.6 is 0 Å². The number of rotatable bonds is 10. The summed E-state index contributed by atoms with van der Waals surface area (Å²) in [6, 6.07) is 20.4. The lowest BCUT2D eigenvalue weighted by Gasteiger charge is -2.11. The molecular weight excluding hydrogens is 440 g/mol. The monoisotopic (exact) mass is 466 g/mol. The Morgan fingerprint density at radius 1 is 0.970 bits per heavy atom. The zero-order valence-corrected chi connectivity index (χ0v) is 19.3. The Morgan fingerprint density at radius 2 is 1.73 bits per heavy atom. The van der Waals surface area contributed by atoms with E-state index in [1.807, 2.05) is 13.0 Å². The molecule has 3 aromatic carbocycles. The molecule has 33 heavy (non-hydrogen) atoms. The van der Waals surface area contributed by atoms with Crippen molar-refractivity contribution in [3.63, 3.8) is 0 Å². The SMILES string of the molecule is CCCc1ccc(S(=O)(=O)Oc2ccccc2)c(/C=N/NC(=O)Cc2cccc(OC)c2)c1. The second-order valence-corrected chi connectivity index (χ2v) is 8.81. The van der Waals surface area contributed by atoms with E-state index < -0.39 is 10.1 Å². The summed E-state index contributed by atoms with van der Waals surface area (Å²) in [5.74, 6) is 0.531. The molecule has 0 aliphatic heterocycles. The molecule has 172 valence electrons. The highest BCUT2D eigenvalue weighted by molar-refractivity contribution is 7.87. The minimum absolute atomic E-state index is 0.0306. The minimum atomic E-state index is -4.10. The van der Waals surface area contributed by atoms with Gasteiger partial charge in [0, 0.05) is 5.56 Å². The molecule has 0 unspecified atom stereocenters. The van der Waals surface area contributed by atoms with Gasteiger partial charge < -0.3 is 8.92 Å². The third-order valence-corrected chi connectivity index (χ3v) is 6.05. The van der Waals surface area contributed by atoms with Crippen molar-refractivity contribution in [2.24, 2.45) is 5.10 Å². The van der Waals surface area contributed by atoms with Crippen molar-refractivity contribution in [3.8, 4) is 11.5 Å². The minimum Gasteiger partial charge on any atom is -0.497 e. The van der Waals surface area contributed by atoms with E-state index in [4.69, 9.17) is 8.92 Å². The average molecular weight is 467 g/mol. The fourth-order valence-corrected chi connectivity index (χ4v) is 4.29. The Kier molecular flexibility index (Phi) is 8.21. The number of hydrogen-bond acceptors (Lipinski definition) is 6. The van der Waals surface area contributed by atoms with E-state index in [9.17, 15) is 13.2 Å². The van der Waals surface area contributed by atoms with Crippen LogP contribution in [0.3, 0.4) is 0 Å². The van der Waals surface area contributed by atoms with Crippen LogP contribution in [0.25, 0.3) is 0 Å². The first-order valence-corrected chi connectivity index (χ1v) is 11.9. The molecule has 0 aliphatic rings. The fourth-order valence-electron chi connectivity index (χ4n) is 3.20. The normalized spacial score (nSPS) is 11.3. The van der Waals surface area contributed by atoms with Gasteiger partial charge in [-0.3, -0.25) is 4.79 Å². The number of benzene rings is 3. The molecule has 0 heterocycles. The van der Waals surface area contributed by atoms with Crippen molar-refractivity contribution in [2.75, 3.05) is 7.11 Å². The number of para-hydroxylation sites is 1. The summed E-state index contributed by atoms with van der Waals surface area (Å²) in [6.07, 6.45) is 3.11. The molecule has 0 aliphatic carbocycles. The van der Waals surface area contributed by atoms with Crippen LogP contribution in [0.4, 0.5) is 0 Å². The molecule has 0 fully saturated rings. The maximum Gasteiger partial charge on any atom is 0.339 e. The number of methoxy groups -OCH3 is 1. The van der Waals surface area contributed by atoms with Gasteiger partial charge in [0.1, 0.15) is 16.4 Å². The molecule has 1 amide bonds. The lowest BCUT2D eigenvalue weighted by atomic mass is 10.1. The van der Waals surface area contributed by atoms with Gasteiger partial charge in [0.2, 0.25) is 5.91 Å². The van der Waals surface area contributed by atoms with Gasteiger partial charge in [-0.15, -0.1) is 0 Å². The van der Waals surface area contributed by atoms with Crippen LogP contribution in [0.2, 0.25) is 0 Å². The lowest BCUT2D eigenvalue weighted by molar-refractivity contribution is -0.120. The van der Waals surface area contributed by atoms with Gasteiger partial charge in [0.05, 0.1) is 19.7 Å². The number of hydrazone groups is 1. The summed E-state index contributed by atoms with van der Waals surface area (Å²) in [7, 11) is -2.54. The van der Waals surface area contributed by atoms with Crippen LogP contribution in [-0.4, -0.2) is 27.6 Å². The average Bonchev–Trinajstić information content (AvgIpc) is 2.80. The molecule has 0 spiro atoms. The first-order valence-electron chi connectivity index (χ1n) is 10.5. The van der Waals surface area contributed by atoms with Crippen LogP contribution in [-0.2, 0) is 27.8 Å². The first kappa shape index (κ1) is 24.0. The maximum atomic E-state index is 12.9. The van der Waals surface area contributed by atoms with Gasteiger partial charge in [0.25, 0.3) is 0 Å². The van der Waals surface area contributed by atoms with Gasteiger partial charge in [-0.05, 0) is 53.9 Å². The van der Waals surface area contributed by atoms with Gasteiger partial charge in [-0.25, -0.2) is 5.43 Å². The Labute approximate surface area is 194 Å².